The Bertz CT molecular complexity index is 556. The summed E-state index contributed by atoms with van der Waals surface area (Å²) in [6.45, 7) is 2.93. The van der Waals surface area contributed by atoms with E-state index in [1.165, 1.54) is 0 Å². The van der Waals surface area contributed by atoms with Crippen LogP contribution in [0.25, 0.3) is 0 Å². The molecule has 0 spiro atoms. The smallest absolute Gasteiger partial charge is 0.245 e. The highest BCUT2D eigenvalue weighted by Crippen LogP contribution is 2.21. The third-order valence-electron chi connectivity index (χ3n) is 4.06. The van der Waals surface area contributed by atoms with Crippen molar-refractivity contribution in [3.05, 3.63) is 29.3 Å². The van der Waals surface area contributed by atoms with Gasteiger partial charge in [0.05, 0.1) is 0 Å². The van der Waals surface area contributed by atoms with E-state index in [0.717, 1.165) is 23.8 Å². The summed E-state index contributed by atoms with van der Waals surface area (Å²) in [5.41, 5.74) is 1.09. The Morgan fingerprint density at radius 2 is 2.00 bits per heavy atom. The van der Waals surface area contributed by atoms with Crippen LogP contribution in [0.1, 0.15) is 12.8 Å². The molecule has 2 saturated heterocycles. The normalized spacial score (nSPS) is 22.3. The van der Waals surface area contributed by atoms with Gasteiger partial charge in [0.1, 0.15) is 6.04 Å². The topological polar surface area (TPSA) is 52.7 Å². The van der Waals surface area contributed by atoms with Gasteiger partial charge in [-0.15, -0.1) is 0 Å². The second-order valence-corrected chi connectivity index (χ2v) is 5.89. The monoisotopic (exact) mass is 307 g/mol. The Kier molecular flexibility index (Phi) is 4.01. The molecule has 2 fully saturated rings. The Morgan fingerprint density at radius 3 is 2.62 bits per heavy atom. The summed E-state index contributed by atoms with van der Waals surface area (Å²) in [6.07, 6.45) is 1.07. The molecule has 2 amide bonds. The highest BCUT2D eigenvalue weighted by Gasteiger charge is 2.32. The average molecular weight is 308 g/mol. The Hall–Kier alpha value is -1.75. The lowest BCUT2D eigenvalue weighted by Crippen LogP contribution is -2.53. The summed E-state index contributed by atoms with van der Waals surface area (Å²) in [5, 5.41) is 3.46. The largest absolute Gasteiger partial charge is 0.368 e. The number of nitrogens with one attached hydrogen (secondary N) is 1. The van der Waals surface area contributed by atoms with Gasteiger partial charge in [-0.05, 0) is 24.6 Å². The zero-order chi connectivity index (χ0) is 14.8. The summed E-state index contributed by atoms with van der Waals surface area (Å²) >= 11 is 6.01. The minimum Gasteiger partial charge on any atom is -0.368 e. The maximum Gasteiger partial charge on any atom is 0.245 e. The van der Waals surface area contributed by atoms with Crippen LogP contribution in [0, 0.1) is 0 Å². The number of carbonyl (C=O) groups excluding carboxylic acids is 2. The molecule has 6 heteroatoms. The molecular formula is C15H18ClN3O2. The highest BCUT2D eigenvalue weighted by molar-refractivity contribution is 6.30. The van der Waals surface area contributed by atoms with Gasteiger partial charge in [-0.25, -0.2) is 0 Å². The summed E-state index contributed by atoms with van der Waals surface area (Å²) in [4.78, 5) is 27.6. The summed E-state index contributed by atoms with van der Waals surface area (Å²) in [6, 6.07) is 7.43. The molecule has 1 aromatic rings. The zero-order valence-electron chi connectivity index (χ0n) is 11.7. The Balaban J connectivity index is 1.57. The van der Waals surface area contributed by atoms with Gasteiger partial charge in [-0.3, -0.25) is 9.59 Å². The number of amides is 2. The van der Waals surface area contributed by atoms with Crippen molar-refractivity contribution >= 4 is 29.1 Å². The molecule has 0 bridgehead atoms. The Morgan fingerprint density at radius 1 is 1.24 bits per heavy atom. The lowest BCUT2D eigenvalue weighted by molar-refractivity contribution is -0.134. The van der Waals surface area contributed by atoms with Crippen LogP contribution in [0.5, 0.6) is 0 Å². The van der Waals surface area contributed by atoms with E-state index in [1.54, 1.807) is 0 Å². The molecule has 0 saturated carbocycles. The van der Waals surface area contributed by atoms with Crippen molar-refractivity contribution in [1.29, 1.82) is 0 Å². The molecule has 21 heavy (non-hydrogen) atoms. The van der Waals surface area contributed by atoms with Crippen molar-refractivity contribution in [1.82, 2.24) is 10.2 Å². The van der Waals surface area contributed by atoms with Crippen LogP contribution in [0.4, 0.5) is 5.69 Å². The van der Waals surface area contributed by atoms with Crippen LogP contribution in [0.2, 0.25) is 5.02 Å². The third kappa shape index (κ3) is 3.13. The summed E-state index contributed by atoms with van der Waals surface area (Å²) in [5.74, 6) is 0.0255. The predicted molar refractivity (Wildman–Crippen MR) is 81.4 cm³/mol. The first-order valence-electron chi connectivity index (χ1n) is 7.22. The third-order valence-corrected chi connectivity index (χ3v) is 4.29. The number of anilines is 1. The lowest BCUT2D eigenvalue weighted by atomic mass is 10.1. The number of benzene rings is 1. The van der Waals surface area contributed by atoms with Crippen LogP contribution in [-0.4, -0.2) is 48.9 Å². The molecule has 2 heterocycles. The number of nitrogens with zero attached hydrogens (tertiary/aromatic N) is 2. The van der Waals surface area contributed by atoms with E-state index in [2.05, 4.69) is 10.2 Å². The van der Waals surface area contributed by atoms with E-state index >= 15 is 0 Å². The van der Waals surface area contributed by atoms with Crippen molar-refractivity contribution in [2.45, 2.75) is 18.9 Å². The van der Waals surface area contributed by atoms with Gasteiger partial charge in [0, 0.05) is 43.3 Å². The Labute approximate surface area is 128 Å². The van der Waals surface area contributed by atoms with E-state index < -0.39 is 0 Å². The maximum absolute atomic E-state index is 12.3. The van der Waals surface area contributed by atoms with E-state index in [-0.39, 0.29) is 17.9 Å². The van der Waals surface area contributed by atoms with Gasteiger partial charge in [-0.2, -0.15) is 0 Å². The predicted octanol–water partition coefficient (Wildman–Crippen LogP) is 1.27. The number of hydrogen-bond acceptors (Lipinski definition) is 3. The number of piperazine rings is 1. The van der Waals surface area contributed by atoms with Crippen molar-refractivity contribution in [3.63, 3.8) is 0 Å². The van der Waals surface area contributed by atoms with Gasteiger partial charge in [0.25, 0.3) is 0 Å². The van der Waals surface area contributed by atoms with E-state index in [0.29, 0.717) is 25.9 Å². The standard InChI is InChI=1S/C15H18ClN3O2/c16-11-2-1-3-12(10-11)18-6-8-19(9-7-18)15(21)13-4-5-14(20)17-13/h1-3,10,13H,4-9H2,(H,17,20)/t13-/m0/s1. The molecule has 0 aromatic heterocycles. The molecule has 1 N–H and O–H groups in total. The van der Waals surface area contributed by atoms with Crippen molar-refractivity contribution < 1.29 is 9.59 Å². The minimum atomic E-state index is -0.324. The van der Waals surface area contributed by atoms with E-state index in [4.69, 9.17) is 11.6 Å². The van der Waals surface area contributed by atoms with E-state index in [9.17, 15) is 9.59 Å². The molecule has 1 atom stereocenters. The molecule has 0 unspecified atom stereocenters. The second-order valence-electron chi connectivity index (χ2n) is 5.45. The second kappa shape index (κ2) is 5.93. The molecule has 112 valence electrons. The number of rotatable bonds is 2. The van der Waals surface area contributed by atoms with Crippen molar-refractivity contribution in [3.8, 4) is 0 Å². The van der Waals surface area contributed by atoms with Crippen LogP contribution in [-0.2, 0) is 9.59 Å². The van der Waals surface area contributed by atoms with Gasteiger partial charge in [-0.1, -0.05) is 17.7 Å². The first-order valence-corrected chi connectivity index (χ1v) is 7.60. The molecule has 5 nitrogen and oxygen atoms in total. The molecule has 2 aliphatic heterocycles. The number of carbonyl (C=O) groups is 2. The molecule has 0 aliphatic carbocycles. The zero-order valence-corrected chi connectivity index (χ0v) is 12.5. The minimum absolute atomic E-state index is 0.0223. The number of hydrogen-bond donors (Lipinski definition) is 1. The molecule has 2 aliphatic rings. The molecular weight excluding hydrogens is 290 g/mol. The van der Waals surface area contributed by atoms with Crippen LogP contribution in [0.3, 0.4) is 0 Å². The van der Waals surface area contributed by atoms with Gasteiger partial charge in [0.15, 0.2) is 0 Å². The first-order chi connectivity index (χ1) is 10.1. The quantitative estimate of drug-likeness (QED) is 0.895. The SMILES string of the molecule is O=C1CC[C@@H](C(=O)N2CCN(c3cccc(Cl)c3)CC2)N1. The average Bonchev–Trinajstić information content (AvgIpc) is 2.93. The molecule has 3 rings (SSSR count). The van der Waals surface area contributed by atoms with Gasteiger partial charge in [0.2, 0.25) is 11.8 Å². The summed E-state index contributed by atoms with van der Waals surface area (Å²) in [7, 11) is 0. The number of halogens is 1. The lowest BCUT2D eigenvalue weighted by Gasteiger charge is -2.37. The van der Waals surface area contributed by atoms with E-state index in [1.807, 2.05) is 29.2 Å². The van der Waals surface area contributed by atoms with Crippen LogP contribution < -0.4 is 10.2 Å². The fourth-order valence-corrected chi connectivity index (χ4v) is 3.06. The van der Waals surface area contributed by atoms with Gasteiger partial charge >= 0.3 is 0 Å². The maximum atomic E-state index is 12.3. The fraction of sp³-hybridized carbons (Fsp3) is 0.467. The van der Waals surface area contributed by atoms with Gasteiger partial charge < -0.3 is 15.1 Å². The molecule has 0 radical (unpaired) electrons. The summed E-state index contributed by atoms with van der Waals surface area (Å²) < 4.78 is 0. The first kappa shape index (κ1) is 14.2. The van der Waals surface area contributed by atoms with Crippen molar-refractivity contribution in [2.75, 3.05) is 31.1 Å². The fourth-order valence-electron chi connectivity index (χ4n) is 2.88. The van der Waals surface area contributed by atoms with Crippen molar-refractivity contribution in [2.24, 2.45) is 0 Å². The molecule has 1 aromatic carbocycles. The highest BCUT2D eigenvalue weighted by atomic mass is 35.5. The van der Waals surface area contributed by atoms with Crippen LogP contribution >= 0.6 is 11.6 Å². The van der Waals surface area contributed by atoms with Crippen LogP contribution in [0.15, 0.2) is 24.3 Å².